The summed E-state index contributed by atoms with van der Waals surface area (Å²) in [7, 11) is 0. The fourth-order valence-electron chi connectivity index (χ4n) is 5.51. The second-order valence-electron chi connectivity index (χ2n) is 9.42. The third kappa shape index (κ3) is 7.35. The largest absolute Gasteiger partial charge is 0.314 e. The molecule has 0 spiro atoms. The Morgan fingerprint density at radius 3 is 1.97 bits per heavy atom. The van der Waals surface area contributed by atoms with Gasteiger partial charge in [-0.1, -0.05) is 57.4 Å². The topological polar surface area (TPSA) is 18.5 Å². The van der Waals surface area contributed by atoms with Crippen LogP contribution in [0.5, 0.6) is 0 Å². The van der Waals surface area contributed by atoms with Crippen molar-refractivity contribution in [2.24, 2.45) is 0 Å². The van der Waals surface area contributed by atoms with Gasteiger partial charge in [0, 0.05) is 43.8 Å². The van der Waals surface area contributed by atoms with Crippen molar-refractivity contribution in [2.45, 2.75) is 102 Å². The third-order valence-corrected chi connectivity index (χ3v) is 7.48. The Bertz CT molecular complexity index is 480. The summed E-state index contributed by atoms with van der Waals surface area (Å²) < 4.78 is 0. The average molecular weight is 416 g/mol. The van der Waals surface area contributed by atoms with Crippen LogP contribution in [0.3, 0.4) is 0 Å². The summed E-state index contributed by atoms with van der Waals surface area (Å²) in [5, 5.41) is 3.72. The minimum atomic E-state index is 0.521. The predicted molar refractivity (Wildman–Crippen MR) is 133 cm³/mol. The van der Waals surface area contributed by atoms with E-state index in [1.807, 2.05) is 0 Å². The molecule has 0 bridgehead atoms. The Kier molecular flexibility index (Phi) is 12.0. The molecular formula is C27H49N3. The highest BCUT2D eigenvalue weighted by Crippen LogP contribution is 2.37. The van der Waals surface area contributed by atoms with Gasteiger partial charge in [-0.2, -0.15) is 0 Å². The van der Waals surface area contributed by atoms with E-state index in [2.05, 4.69) is 66.4 Å². The first-order valence-electron chi connectivity index (χ1n) is 12.8. The molecule has 30 heavy (non-hydrogen) atoms. The van der Waals surface area contributed by atoms with E-state index < -0.39 is 0 Å². The molecule has 2 heterocycles. The highest BCUT2D eigenvalue weighted by molar-refractivity contribution is 5.07. The number of hydrogen-bond donors (Lipinski definition) is 1. The van der Waals surface area contributed by atoms with Gasteiger partial charge >= 0.3 is 0 Å². The number of piperidine rings is 1. The molecule has 2 saturated heterocycles. The van der Waals surface area contributed by atoms with E-state index in [0.717, 1.165) is 12.1 Å². The van der Waals surface area contributed by atoms with Gasteiger partial charge in [-0.3, -0.25) is 9.80 Å². The molecular weight excluding hydrogens is 366 g/mol. The quantitative estimate of drug-likeness (QED) is 0.541. The molecule has 3 fully saturated rings. The van der Waals surface area contributed by atoms with Crippen LogP contribution in [0, 0.1) is 0 Å². The lowest BCUT2D eigenvalue weighted by Gasteiger charge is -2.60. The Morgan fingerprint density at radius 2 is 1.50 bits per heavy atom. The van der Waals surface area contributed by atoms with Crippen LogP contribution in [0.2, 0.25) is 0 Å². The summed E-state index contributed by atoms with van der Waals surface area (Å²) in [5.41, 5.74) is 0.521. The molecule has 3 nitrogen and oxygen atoms in total. The second kappa shape index (κ2) is 14.2. The van der Waals surface area contributed by atoms with Crippen LogP contribution in [0.4, 0.5) is 0 Å². The highest BCUT2D eigenvalue weighted by Gasteiger charge is 2.48. The summed E-state index contributed by atoms with van der Waals surface area (Å²) in [6.45, 7) is 17.2. The molecule has 1 N–H and O–H groups in total. The van der Waals surface area contributed by atoms with Crippen LogP contribution < -0.4 is 5.32 Å². The zero-order valence-electron chi connectivity index (χ0n) is 20.1. The van der Waals surface area contributed by atoms with Crippen molar-refractivity contribution in [3.63, 3.8) is 0 Å². The van der Waals surface area contributed by atoms with Crippen molar-refractivity contribution in [1.29, 1.82) is 0 Å². The van der Waals surface area contributed by atoms with Crippen molar-refractivity contribution in [3.8, 4) is 0 Å². The maximum atomic E-state index is 3.72. The molecule has 0 aromatic heterocycles. The van der Waals surface area contributed by atoms with Gasteiger partial charge in [0.25, 0.3) is 0 Å². The number of nitrogens with one attached hydrogen (secondary N) is 1. The zero-order chi connectivity index (χ0) is 21.7. The summed E-state index contributed by atoms with van der Waals surface area (Å²) in [6, 6.07) is 1.69. The Balaban J connectivity index is 0.000000340. The molecule has 0 unspecified atom stereocenters. The predicted octanol–water partition coefficient (Wildman–Crippen LogP) is 5.94. The first-order valence-corrected chi connectivity index (χ1v) is 12.8. The molecule has 0 aromatic carbocycles. The van der Waals surface area contributed by atoms with Crippen molar-refractivity contribution in [3.05, 3.63) is 37.5 Å². The third-order valence-electron chi connectivity index (χ3n) is 7.48. The van der Waals surface area contributed by atoms with E-state index in [1.165, 1.54) is 103 Å². The minimum Gasteiger partial charge on any atom is -0.314 e. The van der Waals surface area contributed by atoms with Crippen LogP contribution in [-0.2, 0) is 0 Å². The zero-order valence-corrected chi connectivity index (χ0v) is 20.1. The number of hydrogen-bond acceptors (Lipinski definition) is 3. The van der Waals surface area contributed by atoms with Crippen LogP contribution in [0.1, 0.15) is 84.5 Å². The first-order chi connectivity index (χ1) is 14.8. The molecule has 3 heteroatoms. The number of allylic oxidation sites excluding steroid dienone is 4. The van der Waals surface area contributed by atoms with Crippen LogP contribution >= 0.6 is 0 Å². The fourth-order valence-corrected chi connectivity index (χ4v) is 5.51. The van der Waals surface area contributed by atoms with Gasteiger partial charge in [0.15, 0.2) is 0 Å². The maximum absolute atomic E-state index is 3.72. The molecule has 1 saturated carbocycles. The molecule has 2 aliphatic carbocycles. The van der Waals surface area contributed by atoms with Gasteiger partial charge in [-0.25, -0.2) is 0 Å². The van der Waals surface area contributed by atoms with Crippen LogP contribution in [0.25, 0.3) is 0 Å². The van der Waals surface area contributed by atoms with E-state index in [4.69, 9.17) is 0 Å². The van der Waals surface area contributed by atoms with Crippen molar-refractivity contribution in [2.75, 3.05) is 32.7 Å². The summed E-state index contributed by atoms with van der Waals surface area (Å²) >= 11 is 0. The lowest BCUT2D eigenvalue weighted by atomic mass is 9.80. The molecule has 172 valence electrons. The molecule has 0 aromatic rings. The Morgan fingerprint density at radius 1 is 0.900 bits per heavy atom. The molecule has 4 rings (SSSR count). The van der Waals surface area contributed by atoms with Gasteiger partial charge < -0.3 is 5.32 Å². The number of nitrogens with zero attached hydrogens (tertiary/aromatic N) is 2. The molecule has 0 radical (unpaired) electrons. The number of rotatable bonds is 6. The van der Waals surface area contributed by atoms with Crippen molar-refractivity contribution < 1.29 is 0 Å². The van der Waals surface area contributed by atoms with Crippen LogP contribution in [-0.4, -0.2) is 60.1 Å². The second-order valence-corrected chi connectivity index (χ2v) is 9.42. The smallest absolute Gasteiger partial charge is 0.0460 e. The van der Waals surface area contributed by atoms with E-state index in [-0.39, 0.29) is 0 Å². The van der Waals surface area contributed by atoms with Crippen molar-refractivity contribution in [1.82, 2.24) is 15.1 Å². The fraction of sp³-hybridized carbons (Fsp3) is 0.778. The minimum absolute atomic E-state index is 0.521. The number of likely N-dealkylation sites (tertiary alicyclic amines) is 2. The van der Waals surface area contributed by atoms with Crippen LogP contribution in [0.15, 0.2) is 37.5 Å². The van der Waals surface area contributed by atoms with Gasteiger partial charge in [0.1, 0.15) is 0 Å². The summed E-state index contributed by atoms with van der Waals surface area (Å²) in [5.74, 6) is 0. The standard InChI is InChI=1S/C19H37N3.C6H8.C2H4/c1-3-12-20-17-10-13-22(14-11-17)19(4-2)15-21(16-19)18-8-6-5-7-9-18;1-2-4-6-5-3-1;1-2/h17-18,20H,3-16H2,1-2H3;1-4H,5-6H2;1-2H2. The van der Waals surface area contributed by atoms with E-state index in [1.54, 1.807) is 0 Å². The first kappa shape index (κ1) is 25.4. The molecule has 2 aliphatic heterocycles. The lowest BCUT2D eigenvalue weighted by Crippen LogP contribution is -2.72. The summed E-state index contributed by atoms with van der Waals surface area (Å²) in [6.07, 6.45) is 23.6. The monoisotopic (exact) mass is 415 g/mol. The summed E-state index contributed by atoms with van der Waals surface area (Å²) in [4.78, 5) is 5.65. The SMILES string of the molecule is C1=CCCC=C1.C=C.CCCNC1CCN(C2(CC)CN(C3CCCCC3)C2)CC1. The lowest BCUT2D eigenvalue weighted by molar-refractivity contribution is -0.0919. The highest BCUT2D eigenvalue weighted by atomic mass is 15.4. The molecule has 0 amide bonds. The van der Waals surface area contributed by atoms with E-state index >= 15 is 0 Å². The van der Waals surface area contributed by atoms with Gasteiger partial charge in [-0.05, 0) is 57.9 Å². The van der Waals surface area contributed by atoms with Gasteiger partial charge in [0.05, 0.1) is 0 Å². The average Bonchev–Trinajstić information content (AvgIpc) is 2.82. The normalized spacial score (nSPS) is 24.9. The van der Waals surface area contributed by atoms with Gasteiger partial charge in [0.2, 0.25) is 0 Å². The maximum Gasteiger partial charge on any atom is 0.0460 e. The Hall–Kier alpha value is -0.900. The molecule has 0 atom stereocenters. The Labute approximate surface area is 187 Å². The van der Waals surface area contributed by atoms with E-state index in [9.17, 15) is 0 Å². The molecule has 4 aliphatic rings. The van der Waals surface area contributed by atoms with Gasteiger partial charge in [-0.15, -0.1) is 13.2 Å². The van der Waals surface area contributed by atoms with Crippen molar-refractivity contribution >= 4 is 0 Å². The van der Waals surface area contributed by atoms with E-state index in [0.29, 0.717) is 5.54 Å².